The van der Waals surface area contributed by atoms with Crippen LogP contribution in [0.5, 0.6) is 0 Å². The van der Waals surface area contributed by atoms with Gasteiger partial charge in [0.2, 0.25) is 5.11 Å². The van der Waals surface area contributed by atoms with Gasteiger partial charge in [-0.2, -0.15) is 10.2 Å². The minimum absolute atomic E-state index is 0.0544. The van der Waals surface area contributed by atoms with Crippen LogP contribution in [0.4, 0.5) is 0 Å². The van der Waals surface area contributed by atoms with Gasteiger partial charge in [-0.15, -0.1) is 0 Å². The summed E-state index contributed by atoms with van der Waals surface area (Å²) in [7, 11) is 0. The molecule has 0 atom stereocenters. The first kappa shape index (κ1) is 22.9. The minimum atomic E-state index is -1.07. The highest BCUT2D eigenvalue weighted by atomic mass is 32.1. The van der Waals surface area contributed by atoms with Crippen molar-refractivity contribution in [3.05, 3.63) is 35.4 Å². The summed E-state index contributed by atoms with van der Waals surface area (Å²) in [4.78, 5) is 22.8. The zero-order chi connectivity index (χ0) is 21.1. The summed E-state index contributed by atoms with van der Waals surface area (Å²) in [5.74, 6) is -1.55. The Morgan fingerprint density at radius 3 is 1.93 bits per heavy atom. The van der Waals surface area contributed by atoms with Crippen molar-refractivity contribution in [1.82, 2.24) is 27.0 Å². The van der Waals surface area contributed by atoms with Crippen molar-refractivity contribution in [2.24, 2.45) is 10.2 Å². The SMILES string of the molecule is CCNC(=S)N/N=C(C)/C(C)=N/NC(=S)NNC(=O)c1ccc(C(=O)O)cc1. The van der Waals surface area contributed by atoms with E-state index in [9.17, 15) is 9.59 Å². The highest BCUT2D eigenvalue weighted by Crippen LogP contribution is 2.04. The van der Waals surface area contributed by atoms with Crippen molar-refractivity contribution in [2.45, 2.75) is 20.8 Å². The number of hydrogen-bond acceptors (Lipinski definition) is 6. The van der Waals surface area contributed by atoms with Crippen LogP contribution in [0.3, 0.4) is 0 Å². The third-order valence-electron chi connectivity index (χ3n) is 3.19. The molecule has 150 valence electrons. The van der Waals surface area contributed by atoms with Crippen molar-refractivity contribution in [1.29, 1.82) is 0 Å². The van der Waals surface area contributed by atoms with Crippen molar-refractivity contribution >= 4 is 58.0 Å². The number of hydrogen-bond donors (Lipinski definition) is 6. The number of carbonyl (C=O) groups is 2. The average Bonchev–Trinajstić information content (AvgIpc) is 2.68. The van der Waals surface area contributed by atoms with Crippen LogP contribution in [0.25, 0.3) is 0 Å². The molecule has 0 heterocycles. The zero-order valence-electron chi connectivity index (χ0n) is 15.5. The van der Waals surface area contributed by atoms with Gasteiger partial charge in [0.05, 0.1) is 17.0 Å². The molecule has 0 saturated heterocycles. The summed E-state index contributed by atoms with van der Waals surface area (Å²) in [6.07, 6.45) is 0. The lowest BCUT2D eigenvalue weighted by atomic mass is 10.1. The van der Waals surface area contributed by atoms with Gasteiger partial charge in [-0.05, 0) is 69.5 Å². The van der Waals surface area contributed by atoms with E-state index in [0.717, 1.165) is 0 Å². The van der Waals surface area contributed by atoms with Crippen LogP contribution in [0, 0.1) is 0 Å². The Kier molecular flexibility index (Phi) is 9.47. The summed E-state index contributed by atoms with van der Waals surface area (Å²) in [5.41, 5.74) is 11.6. The van der Waals surface area contributed by atoms with Gasteiger partial charge in [0.15, 0.2) is 5.11 Å². The van der Waals surface area contributed by atoms with Gasteiger partial charge in [-0.25, -0.2) is 4.79 Å². The number of nitrogens with one attached hydrogen (secondary N) is 5. The van der Waals surface area contributed by atoms with Crippen LogP contribution in [-0.4, -0.2) is 45.2 Å². The lowest BCUT2D eigenvalue weighted by Gasteiger charge is -2.10. The Bertz CT molecular complexity index is 807. The molecule has 28 heavy (non-hydrogen) atoms. The molecular formula is C16H21N7O3S2. The monoisotopic (exact) mass is 423 g/mol. The van der Waals surface area contributed by atoms with Gasteiger partial charge in [0.1, 0.15) is 0 Å². The fraction of sp³-hybridized carbons (Fsp3) is 0.250. The van der Waals surface area contributed by atoms with Crippen molar-refractivity contribution < 1.29 is 14.7 Å². The molecule has 0 aliphatic heterocycles. The molecule has 1 aromatic carbocycles. The van der Waals surface area contributed by atoms with E-state index in [1.165, 1.54) is 24.3 Å². The zero-order valence-corrected chi connectivity index (χ0v) is 17.1. The van der Waals surface area contributed by atoms with Crippen LogP contribution in [0.2, 0.25) is 0 Å². The van der Waals surface area contributed by atoms with E-state index in [1.807, 2.05) is 6.92 Å². The van der Waals surface area contributed by atoms with Gasteiger partial charge in [0, 0.05) is 12.1 Å². The highest BCUT2D eigenvalue weighted by Gasteiger charge is 2.08. The standard InChI is InChI=1S/C16H21N7O3S2/c1-4-17-15(27)21-18-9(2)10(3)19-22-16(28)23-20-13(24)11-5-7-12(8-6-11)14(25)26/h5-8H,4H2,1-3H3,(H,20,24)(H,25,26)(H2,17,21,27)(H2,22,23,28)/b18-9+,19-10+. The Labute approximate surface area is 172 Å². The summed E-state index contributed by atoms with van der Waals surface area (Å²) in [5, 5.41) is 20.3. The van der Waals surface area contributed by atoms with Crippen LogP contribution in [0.1, 0.15) is 41.5 Å². The van der Waals surface area contributed by atoms with E-state index in [-0.39, 0.29) is 16.2 Å². The fourth-order valence-electron chi connectivity index (χ4n) is 1.61. The molecule has 0 aromatic heterocycles. The summed E-state index contributed by atoms with van der Waals surface area (Å²) in [6.45, 7) is 6.06. The maximum atomic E-state index is 12.0. The number of carbonyl (C=O) groups excluding carboxylic acids is 1. The molecule has 0 radical (unpaired) electrons. The number of carboxylic acid groups (broad SMARTS) is 1. The molecule has 10 nitrogen and oxygen atoms in total. The molecule has 1 amide bonds. The van der Waals surface area contributed by atoms with Gasteiger partial charge >= 0.3 is 5.97 Å². The second kappa shape index (κ2) is 11.6. The van der Waals surface area contributed by atoms with Crippen LogP contribution >= 0.6 is 24.4 Å². The second-order valence-electron chi connectivity index (χ2n) is 5.27. The lowest BCUT2D eigenvalue weighted by molar-refractivity contribution is 0.0696. The first-order valence-electron chi connectivity index (χ1n) is 8.07. The molecule has 0 bridgehead atoms. The van der Waals surface area contributed by atoms with E-state index >= 15 is 0 Å². The molecule has 12 heteroatoms. The molecular weight excluding hydrogens is 402 g/mol. The quantitative estimate of drug-likeness (QED) is 0.222. The van der Waals surface area contributed by atoms with E-state index in [2.05, 4.69) is 37.2 Å². The molecule has 0 saturated carbocycles. The van der Waals surface area contributed by atoms with E-state index in [4.69, 9.17) is 29.5 Å². The van der Waals surface area contributed by atoms with Gasteiger partial charge in [0.25, 0.3) is 5.91 Å². The second-order valence-corrected chi connectivity index (χ2v) is 6.08. The highest BCUT2D eigenvalue weighted by molar-refractivity contribution is 7.80. The predicted molar refractivity (Wildman–Crippen MR) is 115 cm³/mol. The van der Waals surface area contributed by atoms with Crippen molar-refractivity contribution in [2.75, 3.05) is 6.54 Å². The van der Waals surface area contributed by atoms with Crippen LogP contribution in [0.15, 0.2) is 34.5 Å². The van der Waals surface area contributed by atoms with Gasteiger partial charge in [-0.1, -0.05) is 0 Å². The average molecular weight is 424 g/mol. The lowest BCUT2D eigenvalue weighted by Crippen LogP contribution is -2.45. The Balaban J connectivity index is 2.49. The van der Waals surface area contributed by atoms with Crippen molar-refractivity contribution in [3.63, 3.8) is 0 Å². The van der Waals surface area contributed by atoms with Crippen LogP contribution < -0.4 is 27.0 Å². The Hall–Kier alpha value is -3.12. The minimum Gasteiger partial charge on any atom is -0.478 e. The number of amides is 1. The number of benzene rings is 1. The summed E-state index contributed by atoms with van der Waals surface area (Å²) < 4.78 is 0. The van der Waals surface area contributed by atoms with Gasteiger partial charge in [-0.3, -0.25) is 26.5 Å². The normalized spacial score (nSPS) is 11.2. The summed E-state index contributed by atoms with van der Waals surface area (Å²) in [6, 6.07) is 5.45. The molecule has 0 aliphatic carbocycles. The maximum absolute atomic E-state index is 12.0. The maximum Gasteiger partial charge on any atom is 0.335 e. The number of aromatic carboxylic acids is 1. The number of nitrogens with zero attached hydrogens (tertiary/aromatic N) is 2. The first-order valence-corrected chi connectivity index (χ1v) is 8.88. The smallest absolute Gasteiger partial charge is 0.335 e. The number of thiocarbonyl (C=S) groups is 2. The molecule has 0 unspecified atom stereocenters. The molecule has 0 aliphatic rings. The third-order valence-corrected chi connectivity index (χ3v) is 3.62. The van der Waals surface area contributed by atoms with Crippen molar-refractivity contribution in [3.8, 4) is 0 Å². The van der Waals surface area contributed by atoms with Gasteiger partial charge < -0.3 is 10.4 Å². The molecule has 1 aromatic rings. The Morgan fingerprint density at radius 1 is 0.929 bits per heavy atom. The number of rotatable bonds is 6. The first-order chi connectivity index (χ1) is 13.2. The number of carboxylic acids is 1. The number of hydrazone groups is 2. The third kappa shape index (κ3) is 8.05. The molecule has 0 fully saturated rings. The van der Waals surface area contributed by atoms with E-state index in [0.29, 0.717) is 23.1 Å². The molecule has 0 spiro atoms. The van der Waals surface area contributed by atoms with Crippen LogP contribution in [-0.2, 0) is 0 Å². The topological polar surface area (TPSA) is 139 Å². The predicted octanol–water partition coefficient (Wildman–Crippen LogP) is 0.730. The van der Waals surface area contributed by atoms with E-state index in [1.54, 1.807) is 13.8 Å². The van der Waals surface area contributed by atoms with E-state index < -0.39 is 11.9 Å². The molecule has 1 rings (SSSR count). The summed E-state index contributed by atoms with van der Waals surface area (Å²) >= 11 is 10.0. The fourth-order valence-corrected chi connectivity index (χ4v) is 1.90. The Morgan fingerprint density at radius 2 is 1.43 bits per heavy atom. The number of hydrazine groups is 1. The molecule has 6 N–H and O–H groups in total. The largest absolute Gasteiger partial charge is 0.478 e.